The lowest BCUT2D eigenvalue weighted by atomic mass is 9.89. The van der Waals surface area contributed by atoms with Crippen molar-refractivity contribution in [3.8, 4) is 0 Å². The number of β-lactam (4-membered cyclic amide) rings is 1. The summed E-state index contributed by atoms with van der Waals surface area (Å²) >= 11 is 0. The molecule has 0 aliphatic carbocycles. The van der Waals surface area contributed by atoms with Crippen LogP contribution in [0.25, 0.3) is 0 Å². The van der Waals surface area contributed by atoms with Crippen molar-refractivity contribution in [3.05, 3.63) is 11.3 Å². The molecule has 9 nitrogen and oxygen atoms in total. The maximum absolute atomic E-state index is 12.4. The molecule has 2 saturated heterocycles. The van der Waals surface area contributed by atoms with E-state index in [4.69, 9.17) is 9.16 Å². The molecule has 10 heteroatoms. The van der Waals surface area contributed by atoms with Gasteiger partial charge in [-0.25, -0.2) is 9.59 Å². The van der Waals surface area contributed by atoms with Gasteiger partial charge in [0.2, 0.25) is 0 Å². The summed E-state index contributed by atoms with van der Waals surface area (Å²) in [6.07, 6.45) is -1.91. The van der Waals surface area contributed by atoms with Gasteiger partial charge in [0.05, 0.1) is 12.6 Å². The molecule has 144 valence electrons. The van der Waals surface area contributed by atoms with Crippen LogP contribution in [-0.2, 0) is 18.8 Å². The first-order valence-corrected chi connectivity index (χ1v) is 11.3. The van der Waals surface area contributed by atoms with Gasteiger partial charge >= 0.3 is 12.1 Å². The Labute approximate surface area is 152 Å². The van der Waals surface area contributed by atoms with E-state index < -0.39 is 44.5 Å². The summed E-state index contributed by atoms with van der Waals surface area (Å²) in [5.41, 5.74) is 0.278. The lowest BCUT2D eigenvalue weighted by molar-refractivity contribution is -0.182. The van der Waals surface area contributed by atoms with Crippen molar-refractivity contribution in [2.45, 2.75) is 57.1 Å². The summed E-state index contributed by atoms with van der Waals surface area (Å²) < 4.78 is 11.8. The van der Waals surface area contributed by atoms with Crippen molar-refractivity contribution in [1.82, 2.24) is 9.80 Å². The molecule has 1 unspecified atom stereocenters. The standard InChI is InChI=1S/C16H24N2O7Si/c1-16(2,3)26(4,5)25-6-8-9(14(20)21)18-10-11(13(18)19)17(15(22)23)7-24-12(8)10/h10-12H,6-7H2,1-5H3,(H,20,21)(H,22,23)/t10-,11-,12?/m0/s1. The normalized spacial score (nSPS) is 28.2. The van der Waals surface area contributed by atoms with Crippen molar-refractivity contribution in [2.24, 2.45) is 0 Å². The minimum absolute atomic E-state index is 0.0549. The van der Waals surface area contributed by atoms with Crippen molar-refractivity contribution in [3.63, 3.8) is 0 Å². The Bertz CT molecular complexity index is 712. The van der Waals surface area contributed by atoms with Gasteiger partial charge in [0.15, 0.2) is 8.32 Å². The van der Waals surface area contributed by atoms with Crippen molar-refractivity contribution in [1.29, 1.82) is 0 Å². The summed E-state index contributed by atoms with van der Waals surface area (Å²) in [6.45, 7) is 10.1. The maximum atomic E-state index is 12.4. The lowest BCUT2D eigenvalue weighted by Crippen LogP contribution is -2.75. The highest BCUT2D eigenvalue weighted by Crippen LogP contribution is 2.46. The van der Waals surface area contributed by atoms with Gasteiger partial charge in [-0.3, -0.25) is 14.6 Å². The molecule has 0 aromatic carbocycles. The Balaban J connectivity index is 1.90. The molecule has 2 fully saturated rings. The molecular weight excluding hydrogens is 360 g/mol. The Morgan fingerprint density at radius 3 is 2.42 bits per heavy atom. The van der Waals surface area contributed by atoms with Crippen LogP contribution in [0.5, 0.6) is 0 Å². The van der Waals surface area contributed by atoms with Crippen LogP contribution in [0.4, 0.5) is 4.79 Å². The summed E-state index contributed by atoms with van der Waals surface area (Å²) in [7, 11) is -2.14. The molecule has 3 aliphatic heterocycles. The monoisotopic (exact) mass is 384 g/mol. The minimum Gasteiger partial charge on any atom is -0.477 e. The molecule has 0 aromatic heterocycles. The fourth-order valence-electron chi connectivity index (χ4n) is 3.35. The lowest BCUT2D eigenvalue weighted by Gasteiger charge is -2.51. The molecule has 26 heavy (non-hydrogen) atoms. The summed E-state index contributed by atoms with van der Waals surface area (Å²) in [6, 6.07) is -1.53. The zero-order valence-electron chi connectivity index (χ0n) is 15.5. The van der Waals surface area contributed by atoms with Gasteiger partial charge in [-0.2, -0.15) is 0 Å². The third kappa shape index (κ3) is 2.55. The number of ether oxygens (including phenoxy) is 1. The van der Waals surface area contributed by atoms with Crippen LogP contribution < -0.4 is 0 Å². The van der Waals surface area contributed by atoms with E-state index in [1.807, 2.05) is 0 Å². The third-order valence-corrected chi connectivity index (χ3v) is 10.4. The highest BCUT2D eigenvalue weighted by molar-refractivity contribution is 6.74. The van der Waals surface area contributed by atoms with Crippen LogP contribution in [0.1, 0.15) is 20.8 Å². The first kappa shape index (κ1) is 18.9. The first-order chi connectivity index (χ1) is 11.9. The van der Waals surface area contributed by atoms with Gasteiger partial charge in [-0.15, -0.1) is 0 Å². The number of carbonyl (C=O) groups is 3. The Morgan fingerprint density at radius 2 is 1.92 bits per heavy atom. The van der Waals surface area contributed by atoms with Crippen LogP contribution in [-0.4, -0.2) is 77.8 Å². The van der Waals surface area contributed by atoms with E-state index >= 15 is 0 Å². The van der Waals surface area contributed by atoms with E-state index in [1.165, 1.54) is 0 Å². The van der Waals surface area contributed by atoms with Gasteiger partial charge in [-0.05, 0) is 18.1 Å². The number of aliphatic carboxylic acids is 1. The largest absolute Gasteiger partial charge is 0.477 e. The average molecular weight is 384 g/mol. The predicted molar refractivity (Wildman–Crippen MR) is 91.8 cm³/mol. The molecule has 2 amide bonds. The summed E-state index contributed by atoms with van der Waals surface area (Å²) in [5.74, 6) is -1.75. The second-order valence-electron chi connectivity index (χ2n) is 8.34. The molecule has 3 aliphatic rings. The molecule has 0 spiro atoms. The van der Waals surface area contributed by atoms with E-state index in [1.54, 1.807) is 0 Å². The van der Waals surface area contributed by atoms with Crippen molar-refractivity contribution >= 4 is 26.3 Å². The Hall–Kier alpha value is -1.91. The molecular formula is C16H24N2O7Si. The number of carboxylic acid groups (broad SMARTS) is 2. The number of hydrogen-bond acceptors (Lipinski definition) is 5. The molecule has 0 saturated carbocycles. The number of carboxylic acids is 1. The van der Waals surface area contributed by atoms with E-state index in [0.29, 0.717) is 5.57 Å². The van der Waals surface area contributed by atoms with E-state index in [9.17, 15) is 24.6 Å². The fourth-order valence-corrected chi connectivity index (χ4v) is 4.30. The van der Waals surface area contributed by atoms with Crippen molar-refractivity contribution < 1.29 is 33.8 Å². The van der Waals surface area contributed by atoms with Crippen LogP contribution in [0, 0.1) is 0 Å². The number of amides is 2. The van der Waals surface area contributed by atoms with Crippen LogP contribution in [0.15, 0.2) is 11.3 Å². The maximum Gasteiger partial charge on any atom is 0.409 e. The number of nitrogens with zero attached hydrogens (tertiary/aromatic N) is 2. The van der Waals surface area contributed by atoms with Gasteiger partial charge < -0.3 is 19.4 Å². The fraction of sp³-hybridized carbons (Fsp3) is 0.688. The first-order valence-electron chi connectivity index (χ1n) is 8.43. The van der Waals surface area contributed by atoms with Gasteiger partial charge in [0.25, 0.3) is 5.91 Å². The zero-order chi connectivity index (χ0) is 19.6. The number of rotatable bonds is 4. The topological polar surface area (TPSA) is 117 Å². The van der Waals surface area contributed by atoms with E-state index in [2.05, 4.69) is 33.9 Å². The van der Waals surface area contributed by atoms with Crippen LogP contribution in [0.2, 0.25) is 18.1 Å². The van der Waals surface area contributed by atoms with Gasteiger partial charge in [0, 0.05) is 5.57 Å². The second-order valence-corrected chi connectivity index (χ2v) is 13.1. The summed E-state index contributed by atoms with van der Waals surface area (Å²) in [5, 5.41) is 18.8. The second kappa shape index (κ2) is 5.79. The SMILES string of the molecule is CC(C)(C)[Si](C)(C)OCC1=C(C(=O)O)N2C(=O)[C@@H]3[C@H]2C1OCN3C(=O)O. The smallest absolute Gasteiger partial charge is 0.409 e. The predicted octanol–water partition coefficient (Wildman–Crippen LogP) is 1.28. The number of hydrogen-bond donors (Lipinski definition) is 2. The van der Waals surface area contributed by atoms with Crippen LogP contribution in [0.3, 0.4) is 0 Å². The molecule has 0 bridgehead atoms. The minimum atomic E-state index is -2.14. The molecule has 3 atom stereocenters. The third-order valence-electron chi connectivity index (χ3n) is 5.88. The molecule has 2 N–H and O–H groups in total. The molecule has 3 rings (SSSR count). The Kier molecular flexibility index (Phi) is 4.20. The highest BCUT2D eigenvalue weighted by Gasteiger charge is 2.65. The van der Waals surface area contributed by atoms with E-state index in [0.717, 1.165) is 9.80 Å². The quantitative estimate of drug-likeness (QED) is 0.554. The van der Waals surface area contributed by atoms with Crippen LogP contribution >= 0.6 is 0 Å². The molecule has 0 radical (unpaired) electrons. The van der Waals surface area contributed by atoms with Crippen molar-refractivity contribution in [2.75, 3.05) is 13.3 Å². The van der Waals surface area contributed by atoms with Gasteiger partial charge in [-0.1, -0.05) is 20.8 Å². The van der Waals surface area contributed by atoms with E-state index in [-0.39, 0.29) is 24.1 Å². The van der Waals surface area contributed by atoms with Gasteiger partial charge in [0.1, 0.15) is 24.6 Å². The number of carbonyl (C=O) groups excluding carboxylic acids is 1. The molecule has 0 aromatic rings. The highest BCUT2D eigenvalue weighted by atomic mass is 28.4. The molecule has 3 heterocycles. The summed E-state index contributed by atoms with van der Waals surface area (Å²) in [4.78, 5) is 37.6. The average Bonchev–Trinajstić information content (AvgIpc) is 2.83. The zero-order valence-corrected chi connectivity index (χ0v) is 16.5. The Morgan fingerprint density at radius 1 is 1.31 bits per heavy atom.